The molecule has 0 atom stereocenters. The number of nitrogens with zero attached hydrogens (tertiary/aromatic N) is 1. The first-order chi connectivity index (χ1) is 34.0. The minimum Gasteiger partial charge on any atom is -0.310 e. The van der Waals surface area contributed by atoms with Crippen LogP contribution >= 0.6 is 11.3 Å². The lowest BCUT2D eigenvalue weighted by molar-refractivity contribution is 0.660. The summed E-state index contributed by atoms with van der Waals surface area (Å²) in [4.78, 5) is 2.50. The zero-order chi connectivity index (χ0) is 45.8. The number of benzene rings is 11. The molecule has 69 heavy (non-hydrogen) atoms. The maximum absolute atomic E-state index is 2.50. The van der Waals surface area contributed by atoms with Gasteiger partial charge in [-0.25, -0.2) is 0 Å². The van der Waals surface area contributed by atoms with E-state index < -0.39 is 0 Å². The summed E-state index contributed by atoms with van der Waals surface area (Å²) in [6.45, 7) is 4.74. The minimum atomic E-state index is -0.113. The number of anilines is 3. The van der Waals surface area contributed by atoms with Crippen LogP contribution in [0.2, 0.25) is 0 Å². The van der Waals surface area contributed by atoms with Crippen molar-refractivity contribution in [3.05, 3.63) is 247 Å². The average molecular weight is 898 g/mol. The zero-order valence-corrected chi connectivity index (χ0v) is 39.4. The van der Waals surface area contributed by atoms with Crippen molar-refractivity contribution in [2.45, 2.75) is 32.1 Å². The molecule has 0 amide bonds. The Morgan fingerprint density at radius 1 is 0.362 bits per heavy atom. The highest BCUT2D eigenvalue weighted by atomic mass is 32.1. The second kappa shape index (κ2) is 15.5. The lowest BCUT2D eigenvalue weighted by Crippen LogP contribution is -2.16. The molecule has 0 aliphatic heterocycles. The van der Waals surface area contributed by atoms with Crippen molar-refractivity contribution in [1.29, 1.82) is 0 Å². The Kier molecular flexibility index (Phi) is 9.00. The van der Waals surface area contributed by atoms with Gasteiger partial charge in [-0.1, -0.05) is 196 Å². The standard InChI is InChI=1S/C67H47NS/c1-67(2)61-22-11-9-21-59(61)66-62(67)23-13-24-63(66)68(47-33-37-58-57-20-10-12-25-64(57)69-65(58)41-47)46-31-26-42(27-32-46)45-30-36-55-51-19-8-7-18-50(51)54-34-28-43-14-3-5-16-48(43)52(54)38-39-53-49-17-6-4-15-44(49)29-35-56(53)60(55)40-45/h3-37,40-41H,38-39H2,1-2H3. The summed E-state index contributed by atoms with van der Waals surface area (Å²) < 4.78 is 2.61. The van der Waals surface area contributed by atoms with E-state index in [1.54, 1.807) is 0 Å². The molecule has 2 aliphatic carbocycles. The molecule has 0 bridgehead atoms. The quantitative estimate of drug-likeness (QED) is 0.170. The Balaban J connectivity index is 0.947. The highest BCUT2D eigenvalue weighted by Gasteiger charge is 2.38. The van der Waals surface area contributed by atoms with Crippen molar-refractivity contribution in [2.75, 3.05) is 4.90 Å². The van der Waals surface area contributed by atoms with Crippen molar-refractivity contribution >= 4 is 70.1 Å². The van der Waals surface area contributed by atoms with Gasteiger partial charge < -0.3 is 4.90 Å². The van der Waals surface area contributed by atoms with Crippen LogP contribution in [0.4, 0.5) is 17.1 Å². The fraction of sp³-hybridized carbons (Fsp3) is 0.0746. The lowest BCUT2D eigenvalue weighted by atomic mass is 9.80. The number of rotatable bonds is 4. The van der Waals surface area contributed by atoms with E-state index in [0.29, 0.717) is 0 Å². The summed E-state index contributed by atoms with van der Waals surface area (Å²) in [6, 6.07) is 84.6. The molecule has 11 aromatic carbocycles. The molecular weight excluding hydrogens is 851 g/mol. The Morgan fingerprint density at radius 2 is 0.899 bits per heavy atom. The van der Waals surface area contributed by atoms with E-state index in [-0.39, 0.29) is 5.41 Å². The van der Waals surface area contributed by atoms with E-state index in [2.05, 4.69) is 243 Å². The Morgan fingerprint density at radius 3 is 1.64 bits per heavy atom. The van der Waals surface area contributed by atoms with E-state index in [9.17, 15) is 0 Å². The predicted molar refractivity (Wildman–Crippen MR) is 296 cm³/mol. The Hall–Kier alpha value is -8.04. The molecule has 14 rings (SSSR count). The van der Waals surface area contributed by atoms with Gasteiger partial charge in [0.25, 0.3) is 0 Å². The van der Waals surface area contributed by atoms with Gasteiger partial charge in [-0.2, -0.15) is 0 Å². The number of hydrogen-bond donors (Lipinski definition) is 0. The van der Waals surface area contributed by atoms with E-state index in [1.807, 2.05) is 11.3 Å². The first-order valence-corrected chi connectivity index (χ1v) is 25.1. The summed E-state index contributed by atoms with van der Waals surface area (Å²) >= 11 is 1.88. The molecule has 0 saturated carbocycles. The van der Waals surface area contributed by atoms with Crippen molar-refractivity contribution in [3.8, 4) is 55.6 Å². The predicted octanol–water partition coefficient (Wildman–Crippen LogP) is 18.9. The molecule has 12 aromatic rings. The fourth-order valence-electron chi connectivity index (χ4n) is 12.1. The molecule has 0 N–H and O–H groups in total. The van der Waals surface area contributed by atoms with Crippen LogP contribution in [0, 0.1) is 0 Å². The molecule has 1 heterocycles. The van der Waals surface area contributed by atoms with Crippen molar-refractivity contribution < 1.29 is 0 Å². The highest BCUT2D eigenvalue weighted by Crippen LogP contribution is 2.55. The SMILES string of the molecule is CC1(C)c2ccccc2-c2c(N(c3ccc(-c4ccc5c(c4)-c4ccc6ccccc6c4CCc4c(ccc6ccccc46)-c4ccccc4-5)cc3)c3ccc4c(c3)sc3ccccc34)cccc21. The largest absolute Gasteiger partial charge is 0.310 e. The molecular formula is C67H47NS. The van der Waals surface area contributed by atoms with Crippen LogP contribution in [0.3, 0.4) is 0 Å². The van der Waals surface area contributed by atoms with Crippen molar-refractivity contribution in [3.63, 3.8) is 0 Å². The summed E-state index contributed by atoms with van der Waals surface area (Å²) in [7, 11) is 0. The molecule has 1 nitrogen and oxygen atoms in total. The molecule has 0 fully saturated rings. The topological polar surface area (TPSA) is 3.24 Å². The first kappa shape index (κ1) is 40.1. The maximum atomic E-state index is 2.50. The molecule has 2 aliphatic rings. The van der Waals surface area contributed by atoms with Crippen LogP contribution < -0.4 is 4.90 Å². The Labute approximate surface area is 407 Å². The second-order valence-corrected chi connectivity index (χ2v) is 20.5. The number of hydrogen-bond acceptors (Lipinski definition) is 2. The van der Waals surface area contributed by atoms with Gasteiger partial charge in [-0.15, -0.1) is 11.3 Å². The normalized spacial score (nSPS) is 13.4. The lowest BCUT2D eigenvalue weighted by Gasteiger charge is -2.29. The van der Waals surface area contributed by atoms with E-state index in [4.69, 9.17) is 0 Å². The van der Waals surface area contributed by atoms with E-state index in [1.165, 1.54) is 125 Å². The smallest absolute Gasteiger partial charge is 0.0543 e. The van der Waals surface area contributed by atoms with Gasteiger partial charge in [-0.05, 0) is 149 Å². The van der Waals surface area contributed by atoms with E-state index in [0.717, 1.165) is 24.2 Å². The minimum absolute atomic E-state index is 0.113. The maximum Gasteiger partial charge on any atom is 0.0543 e. The molecule has 0 radical (unpaired) electrons. The van der Waals surface area contributed by atoms with Crippen LogP contribution in [-0.2, 0) is 18.3 Å². The molecule has 1 aromatic heterocycles. The summed E-state index contributed by atoms with van der Waals surface area (Å²) in [5.41, 5.74) is 21.7. The third kappa shape index (κ3) is 6.22. The van der Waals surface area contributed by atoms with Gasteiger partial charge >= 0.3 is 0 Å². The third-order valence-electron chi connectivity index (χ3n) is 15.4. The zero-order valence-electron chi connectivity index (χ0n) is 38.6. The third-order valence-corrected chi connectivity index (χ3v) is 16.6. The number of thiophene rings is 1. The second-order valence-electron chi connectivity index (χ2n) is 19.5. The van der Waals surface area contributed by atoms with E-state index >= 15 is 0 Å². The molecule has 0 unspecified atom stereocenters. The highest BCUT2D eigenvalue weighted by molar-refractivity contribution is 7.25. The number of aryl methyl sites for hydroxylation is 2. The van der Waals surface area contributed by atoms with Gasteiger partial charge in [-0.3, -0.25) is 0 Å². The summed E-state index contributed by atoms with van der Waals surface area (Å²) in [6.07, 6.45) is 1.88. The van der Waals surface area contributed by atoms with Crippen LogP contribution in [0.5, 0.6) is 0 Å². The molecule has 0 saturated heterocycles. The van der Waals surface area contributed by atoms with Crippen LogP contribution in [-0.4, -0.2) is 0 Å². The summed E-state index contributed by atoms with van der Waals surface area (Å²) in [5.74, 6) is 0. The van der Waals surface area contributed by atoms with Gasteiger partial charge in [0.15, 0.2) is 0 Å². The Bertz CT molecular complexity index is 4060. The average Bonchev–Trinajstić information content (AvgIpc) is 3.89. The monoisotopic (exact) mass is 897 g/mol. The fourth-order valence-corrected chi connectivity index (χ4v) is 13.2. The molecule has 2 heteroatoms. The van der Waals surface area contributed by atoms with Crippen molar-refractivity contribution in [2.24, 2.45) is 0 Å². The molecule has 326 valence electrons. The van der Waals surface area contributed by atoms with Crippen molar-refractivity contribution in [1.82, 2.24) is 0 Å². The van der Waals surface area contributed by atoms with Gasteiger partial charge in [0.1, 0.15) is 0 Å². The molecule has 0 spiro atoms. The van der Waals surface area contributed by atoms with Crippen LogP contribution in [0.25, 0.3) is 97.4 Å². The van der Waals surface area contributed by atoms with Gasteiger partial charge in [0.05, 0.1) is 5.69 Å². The summed E-state index contributed by atoms with van der Waals surface area (Å²) in [5, 5.41) is 7.88. The van der Waals surface area contributed by atoms with Crippen LogP contribution in [0.1, 0.15) is 36.1 Å². The number of fused-ring (bicyclic) bond motifs is 17. The van der Waals surface area contributed by atoms with Gasteiger partial charge in [0.2, 0.25) is 0 Å². The first-order valence-electron chi connectivity index (χ1n) is 24.3. The van der Waals surface area contributed by atoms with Gasteiger partial charge in [0, 0.05) is 42.5 Å². The van der Waals surface area contributed by atoms with Crippen LogP contribution in [0.15, 0.2) is 224 Å².